The molecule has 2 rings (SSSR count). The third kappa shape index (κ3) is 1.91. The Morgan fingerprint density at radius 1 is 1.31 bits per heavy atom. The number of aliphatic hydroxyl groups is 1. The molecule has 0 saturated heterocycles. The quantitative estimate of drug-likeness (QED) is 0.857. The summed E-state index contributed by atoms with van der Waals surface area (Å²) in [5.41, 5.74) is 1.95. The SMILES string of the molecule is CCC(O)C(C)c1cnnc2ccccc12. The molecule has 1 aromatic carbocycles. The first kappa shape index (κ1) is 11.0. The van der Waals surface area contributed by atoms with Gasteiger partial charge in [0.25, 0.3) is 0 Å². The Kier molecular flexibility index (Phi) is 3.15. The fourth-order valence-corrected chi connectivity index (χ4v) is 1.95. The van der Waals surface area contributed by atoms with Crippen LogP contribution in [0.3, 0.4) is 0 Å². The van der Waals surface area contributed by atoms with Crippen molar-refractivity contribution >= 4 is 10.9 Å². The lowest BCUT2D eigenvalue weighted by Crippen LogP contribution is -2.15. The molecule has 0 spiro atoms. The first-order valence-corrected chi connectivity index (χ1v) is 5.62. The summed E-state index contributed by atoms with van der Waals surface area (Å²) < 4.78 is 0. The monoisotopic (exact) mass is 216 g/mol. The maximum absolute atomic E-state index is 9.89. The average Bonchev–Trinajstić information content (AvgIpc) is 2.36. The van der Waals surface area contributed by atoms with Crippen molar-refractivity contribution in [3.8, 4) is 0 Å². The van der Waals surface area contributed by atoms with E-state index in [4.69, 9.17) is 0 Å². The number of aromatic nitrogens is 2. The molecular formula is C13H16N2O. The zero-order chi connectivity index (χ0) is 11.5. The van der Waals surface area contributed by atoms with Gasteiger partial charge < -0.3 is 5.11 Å². The van der Waals surface area contributed by atoms with Crippen LogP contribution in [0.5, 0.6) is 0 Å². The van der Waals surface area contributed by atoms with Gasteiger partial charge in [0.15, 0.2) is 0 Å². The summed E-state index contributed by atoms with van der Waals surface area (Å²) in [6.07, 6.45) is 2.18. The lowest BCUT2D eigenvalue weighted by Gasteiger charge is -2.18. The lowest BCUT2D eigenvalue weighted by molar-refractivity contribution is 0.145. The van der Waals surface area contributed by atoms with E-state index in [0.29, 0.717) is 0 Å². The molecule has 0 aliphatic carbocycles. The van der Waals surface area contributed by atoms with Gasteiger partial charge >= 0.3 is 0 Å². The van der Waals surface area contributed by atoms with E-state index in [0.717, 1.165) is 22.9 Å². The summed E-state index contributed by atoms with van der Waals surface area (Å²) in [6, 6.07) is 7.90. The molecule has 1 heterocycles. The molecule has 0 fully saturated rings. The first-order valence-electron chi connectivity index (χ1n) is 5.62. The molecule has 16 heavy (non-hydrogen) atoms. The van der Waals surface area contributed by atoms with Crippen LogP contribution in [0.1, 0.15) is 31.7 Å². The second-order valence-corrected chi connectivity index (χ2v) is 4.08. The van der Waals surface area contributed by atoms with E-state index in [9.17, 15) is 5.11 Å². The lowest BCUT2D eigenvalue weighted by atomic mass is 9.92. The molecule has 0 saturated carbocycles. The van der Waals surface area contributed by atoms with Gasteiger partial charge in [-0.25, -0.2) is 0 Å². The Morgan fingerprint density at radius 3 is 2.81 bits per heavy atom. The zero-order valence-corrected chi connectivity index (χ0v) is 9.59. The number of hydrogen-bond donors (Lipinski definition) is 1. The molecule has 0 aliphatic heterocycles. The van der Waals surface area contributed by atoms with Crippen molar-refractivity contribution < 1.29 is 5.11 Å². The van der Waals surface area contributed by atoms with Crippen LogP contribution in [-0.2, 0) is 0 Å². The highest BCUT2D eigenvalue weighted by Gasteiger charge is 2.17. The van der Waals surface area contributed by atoms with Crippen LogP contribution in [0.25, 0.3) is 10.9 Å². The maximum atomic E-state index is 9.89. The molecule has 0 radical (unpaired) electrons. The average molecular weight is 216 g/mol. The predicted molar refractivity (Wildman–Crippen MR) is 64.3 cm³/mol. The highest BCUT2D eigenvalue weighted by Crippen LogP contribution is 2.26. The molecule has 1 aromatic heterocycles. The van der Waals surface area contributed by atoms with Crippen molar-refractivity contribution in [3.05, 3.63) is 36.0 Å². The highest BCUT2D eigenvalue weighted by molar-refractivity contribution is 5.81. The number of fused-ring (bicyclic) bond motifs is 1. The van der Waals surface area contributed by atoms with Crippen molar-refractivity contribution in [3.63, 3.8) is 0 Å². The Morgan fingerprint density at radius 2 is 2.06 bits per heavy atom. The molecule has 0 aliphatic rings. The molecule has 0 amide bonds. The maximum Gasteiger partial charge on any atom is 0.0932 e. The molecule has 2 aromatic rings. The number of nitrogens with zero attached hydrogens (tertiary/aromatic N) is 2. The summed E-state index contributed by atoms with van der Waals surface area (Å²) in [7, 11) is 0. The van der Waals surface area contributed by atoms with Crippen LogP contribution in [0.2, 0.25) is 0 Å². The summed E-state index contributed by atoms with van der Waals surface area (Å²) in [5.74, 6) is 0.0883. The second-order valence-electron chi connectivity index (χ2n) is 4.08. The van der Waals surface area contributed by atoms with Crippen molar-refractivity contribution in [1.29, 1.82) is 0 Å². The van der Waals surface area contributed by atoms with Crippen LogP contribution in [-0.4, -0.2) is 21.4 Å². The number of aliphatic hydroxyl groups excluding tert-OH is 1. The third-order valence-electron chi connectivity index (χ3n) is 3.06. The summed E-state index contributed by atoms with van der Waals surface area (Å²) in [6.45, 7) is 4.01. The van der Waals surface area contributed by atoms with E-state index in [-0.39, 0.29) is 12.0 Å². The van der Waals surface area contributed by atoms with Gasteiger partial charge in [0.1, 0.15) is 0 Å². The zero-order valence-electron chi connectivity index (χ0n) is 9.59. The van der Waals surface area contributed by atoms with Crippen LogP contribution in [0.4, 0.5) is 0 Å². The van der Waals surface area contributed by atoms with Gasteiger partial charge in [0, 0.05) is 11.3 Å². The normalized spacial score (nSPS) is 14.9. The molecule has 0 bridgehead atoms. The molecule has 3 nitrogen and oxygen atoms in total. The van der Waals surface area contributed by atoms with E-state index >= 15 is 0 Å². The van der Waals surface area contributed by atoms with E-state index in [2.05, 4.69) is 10.2 Å². The summed E-state index contributed by atoms with van der Waals surface area (Å²) >= 11 is 0. The number of rotatable bonds is 3. The Bertz CT molecular complexity index is 479. The van der Waals surface area contributed by atoms with Crippen LogP contribution < -0.4 is 0 Å². The van der Waals surface area contributed by atoms with Crippen molar-refractivity contribution in [2.24, 2.45) is 0 Å². The third-order valence-corrected chi connectivity index (χ3v) is 3.06. The van der Waals surface area contributed by atoms with Crippen LogP contribution >= 0.6 is 0 Å². The minimum absolute atomic E-state index is 0.0883. The van der Waals surface area contributed by atoms with Gasteiger partial charge in [0.2, 0.25) is 0 Å². The standard InChI is InChI=1S/C13H16N2O/c1-3-13(16)9(2)11-8-14-15-12-7-5-4-6-10(11)12/h4-9,13,16H,3H2,1-2H3. The van der Waals surface area contributed by atoms with Gasteiger partial charge in [-0.15, -0.1) is 0 Å². The molecule has 3 heteroatoms. The summed E-state index contributed by atoms with van der Waals surface area (Å²) in [5, 5.41) is 19.0. The van der Waals surface area contributed by atoms with Crippen LogP contribution in [0.15, 0.2) is 30.5 Å². The smallest absolute Gasteiger partial charge is 0.0932 e. The fraction of sp³-hybridized carbons (Fsp3) is 0.385. The minimum Gasteiger partial charge on any atom is -0.393 e. The summed E-state index contributed by atoms with van der Waals surface area (Å²) in [4.78, 5) is 0. The van der Waals surface area contributed by atoms with Crippen LogP contribution in [0, 0.1) is 0 Å². The molecule has 2 atom stereocenters. The molecule has 1 N–H and O–H groups in total. The number of benzene rings is 1. The first-order chi connectivity index (χ1) is 7.74. The van der Waals surface area contributed by atoms with Crippen molar-refractivity contribution in [2.75, 3.05) is 0 Å². The Balaban J connectivity index is 2.52. The topological polar surface area (TPSA) is 46.0 Å². The van der Waals surface area contributed by atoms with E-state index < -0.39 is 0 Å². The Hall–Kier alpha value is -1.48. The minimum atomic E-state index is -0.326. The fourth-order valence-electron chi connectivity index (χ4n) is 1.95. The Labute approximate surface area is 95.1 Å². The van der Waals surface area contributed by atoms with E-state index in [1.807, 2.05) is 38.1 Å². The van der Waals surface area contributed by atoms with Gasteiger partial charge in [0.05, 0.1) is 17.8 Å². The van der Waals surface area contributed by atoms with E-state index in [1.54, 1.807) is 6.20 Å². The van der Waals surface area contributed by atoms with Gasteiger partial charge in [-0.1, -0.05) is 32.0 Å². The molecule has 84 valence electrons. The van der Waals surface area contributed by atoms with Gasteiger partial charge in [-0.05, 0) is 18.1 Å². The van der Waals surface area contributed by atoms with E-state index in [1.165, 1.54) is 0 Å². The second kappa shape index (κ2) is 4.58. The molecule has 2 unspecified atom stereocenters. The largest absolute Gasteiger partial charge is 0.393 e. The van der Waals surface area contributed by atoms with Gasteiger partial charge in [-0.2, -0.15) is 10.2 Å². The van der Waals surface area contributed by atoms with Crippen molar-refractivity contribution in [2.45, 2.75) is 32.3 Å². The highest BCUT2D eigenvalue weighted by atomic mass is 16.3. The van der Waals surface area contributed by atoms with Crippen molar-refractivity contribution in [1.82, 2.24) is 10.2 Å². The predicted octanol–water partition coefficient (Wildman–Crippen LogP) is 2.50. The molecular weight excluding hydrogens is 200 g/mol. The number of hydrogen-bond acceptors (Lipinski definition) is 3. The van der Waals surface area contributed by atoms with Gasteiger partial charge in [-0.3, -0.25) is 0 Å².